The van der Waals surface area contributed by atoms with Crippen molar-refractivity contribution in [3.05, 3.63) is 43.2 Å². The van der Waals surface area contributed by atoms with E-state index in [4.69, 9.17) is 19.4 Å². The average Bonchev–Trinajstić information content (AvgIpc) is 3.64. The van der Waals surface area contributed by atoms with Crippen LogP contribution in [0.2, 0.25) is 0 Å². The van der Waals surface area contributed by atoms with Crippen LogP contribution in [0.4, 0.5) is 29.2 Å². The molecule has 0 aliphatic rings. The van der Waals surface area contributed by atoms with Crippen LogP contribution < -0.4 is 15.5 Å². The summed E-state index contributed by atoms with van der Waals surface area (Å²) in [5, 5.41) is 20.6. The van der Waals surface area contributed by atoms with Crippen LogP contribution in [0.3, 0.4) is 0 Å². The molecule has 15 heteroatoms. The van der Waals surface area contributed by atoms with Crippen LogP contribution in [-0.2, 0) is 14.3 Å². The molecular weight excluding hydrogens is 558 g/mol. The van der Waals surface area contributed by atoms with Crippen molar-refractivity contribution >= 4 is 56.7 Å². The van der Waals surface area contributed by atoms with Gasteiger partial charge in [-0.3, -0.25) is 0 Å². The van der Waals surface area contributed by atoms with Gasteiger partial charge >= 0.3 is 5.97 Å². The molecule has 222 valence electrons. The minimum absolute atomic E-state index is 0.0778. The summed E-state index contributed by atoms with van der Waals surface area (Å²) >= 11 is 1.51. The molecule has 0 spiro atoms. The maximum Gasteiger partial charge on any atom is 0.330 e. The van der Waals surface area contributed by atoms with Gasteiger partial charge < -0.3 is 25.0 Å². The van der Waals surface area contributed by atoms with Gasteiger partial charge in [0.05, 0.1) is 23.4 Å². The fourth-order valence-electron chi connectivity index (χ4n) is 3.93. The number of rotatable bonds is 16. The molecule has 4 rings (SSSR count). The van der Waals surface area contributed by atoms with E-state index in [1.165, 1.54) is 11.3 Å². The molecule has 3 aromatic heterocycles. The summed E-state index contributed by atoms with van der Waals surface area (Å²) in [6, 6.07) is 7.81. The SMILES string of the molecule is C=CC(=O)OCCCNc1nc(NC(C)COC)c(N=Nc2ncn(-c3nc4ccccc4s3)n2)c(N(CC)CC)n1. The number of hydrogen-bond acceptors (Lipinski definition) is 14. The fourth-order valence-corrected chi connectivity index (χ4v) is 4.82. The number of methoxy groups -OCH3 is 1. The highest BCUT2D eigenvalue weighted by Gasteiger charge is 2.20. The van der Waals surface area contributed by atoms with E-state index in [0.717, 1.165) is 16.3 Å². The summed E-state index contributed by atoms with van der Waals surface area (Å²) in [5.74, 6) is 1.19. The van der Waals surface area contributed by atoms with Crippen LogP contribution >= 0.6 is 11.3 Å². The molecule has 0 aliphatic carbocycles. The topological polar surface area (TPSA) is 157 Å². The van der Waals surface area contributed by atoms with Gasteiger partial charge in [-0.25, -0.2) is 9.78 Å². The summed E-state index contributed by atoms with van der Waals surface area (Å²) in [4.78, 5) is 31.8. The second-order valence-corrected chi connectivity index (χ2v) is 10.1. The maximum atomic E-state index is 11.3. The number of carbonyl (C=O) groups excluding carboxylic acids is 1. The first-order valence-corrected chi connectivity index (χ1v) is 14.4. The Kier molecular flexibility index (Phi) is 10.8. The van der Waals surface area contributed by atoms with Gasteiger partial charge in [0.2, 0.25) is 11.1 Å². The number of carbonyl (C=O) groups is 1. The zero-order chi connectivity index (χ0) is 29.9. The Bertz CT molecular complexity index is 1480. The second-order valence-electron chi connectivity index (χ2n) is 9.05. The molecule has 0 fully saturated rings. The van der Waals surface area contributed by atoms with Crippen molar-refractivity contribution in [1.82, 2.24) is 29.7 Å². The van der Waals surface area contributed by atoms with Gasteiger partial charge in [-0.1, -0.05) is 30.0 Å². The normalized spacial score (nSPS) is 12.0. The third kappa shape index (κ3) is 7.82. The predicted octanol–water partition coefficient (Wildman–Crippen LogP) is 4.91. The Morgan fingerprint density at radius 2 is 2.02 bits per heavy atom. The standard InChI is InChI=1S/C27H35N11O3S/c1-6-21(39)41-15-11-14-28-25-32-23(30-18(4)16-40-5)22(24(33-25)37(7-2)8-3)34-35-26-29-17-38(36-26)27-31-19-12-9-10-13-20(19)42-27/h6,9-10,12-13,17-18H,1,7-8,11,14-16H2,2-5H3,(H2,28,30,32,33). The van der Waals surface area contributed by atoms with Gasteiger partial charge in [0.25, 0.3) is 5.95 Å². The van der Waals surface area contributed by atoms with E-state index < -0.39 is 5.97 Å². The number of benzene rings is 1. The van der Waals surface area contributed by atoms with Crippen LogP contribution in [0.5, 0.6) is 0 Å². The van der Waals surface area contributed by atoms with E-state index in [9.17, 15) is 4.79 Å². The van der Waals surface area contributed by atoms with Crippen LogP contribution in [0.1, 0.15) is 27.2 Å². The van der Waals surface area contributed by atoms with Crippen LogP contribution in [0.15, 0.2) is 53.5 Å². The number of nitrogens with zero attached hydrogens (tertiary/aromatic N) is 9. The lowest BCUT2D eigenvalue weighted by molar-refractivity contribution is -0.137. The van der Waals surface area contributed by atoms with Crippen molar-refractivity contribution in [2.45, 2.75) is 33.2 Å². The summed E-state index contributed by atoms with van der Waals surface area (Å²) in [5.41, 5.74) is 1.34. The minimum Gasteiger partial charge on any atom is -0.462 e. The number of thiazole rings is 1. The quantitative estimate of drug-likeness (QED) is 0.0787. The van der Waals surface area contributed by atoms with Crippen molar-refractivity contribution < 1.29 is 14.3 Å². The smallest absolute Gasteiger partial charge is 0.330 e. The zero-order valence-corrected chi connectivity index (χ0v) is 25.0. The molecule has 1 aromatic carbocycles. The number of azo groups is 1. The molecule has 1 atom stereocenters. The van der Waals surface area contributed by atoms with Crippen LogP contribution in [0.25, 0.3) is 15.3 Å². The molecule has 2 N–H and O–H groups in total. The number of hydrogen-bond donors (Lipinski definition) is 2. The van der Waals surface area contributed by atoms with E-state index in [2.05, 4.69) is 47.4 Å². The van der Waals surface area contributed by atoms with Crippen molar-refractivity contribution in [2.75, 3.05) is 55.5 Å². The Hall–Kier alpha value is -4.50. The van der Waals surface area contributed by atoms with Crippen molar-refractivity contribution in [3.8, 4) is 5.13 Å². The number of fused-ring (bicyclic) bond motifs is 1. The van der Waals surface area contributed by atoms with E-state index in [-0.39, 0.29) is 18.6 Å². The highest BCUT2D eigenvalue weighted by atomic mass is 32.1. The van der Waals surface area contributed by atoms with E-state index in [0.29, 0.717) is 61.1 Å². The highest BCUT2D eigenvalue weighted by Crippen LogP contribution is 2.36. The molecule has 4 aromatic rings. The van der Waals surface area contributed by atoms with E-state index >= 15 is 0 Å². The second kappa shape index (κ2) is 14.9. The Balaban J connectivity index is 1.63. The number of aromatic nitrogens is 6. The van der Waals surface area contributed by atoms with Gasteiger partial charge in [-0.15, -0.1) is 15.3 Å². The number of esters is 1. The third-order valence-corrected chi connectivity index (χ3v) is 6.97. The Morgan fingerprint density at radius 1 is 1.21 bits per heavy atom. The van der Waals surface area contributed by atoms with Crippen LogP contribution in [-0.4, -0.2) is 81.7 Å². The fraction of sp³-hybridized carbons (Fsp3) is 0.407. The molecule has 14 nitrogen and oxygen atoms in total. The van der Waals surface area contributed by atoms with Crippen molar-refractivity contribution in [2.24, 2.45) is 10.2 Å². The Labute approximate surface area is 247 Å². The van der Waals surface area contributed by atoms with Gasteiger partial charge in [0.1, 0.15) is 6.33 Å². The van der Waals surface area contributed by atoms with Gasteiger partial charge in [0, 0.05) is 38.9 Å². The molecule has 0 aliphatic heterocycles. The first kappa shape index (κ1) is 30.5. The van der Waals surface area contributed by atoms with Crippen LogP contribution in [0, 0.1) is 0 Å². The molecule has 3 heterocycles. The number of para-hydroxylation sites is 1. The van der Waals surface area contributed by atoms with Gasteiger partial charge in [-0.2, -0.15) is 19.6 Å². The average molecular weight is 594 g/mol. The lowest BCUT2D eigenvalue weighted by Crippen LogP contribution is -2.26. The summed E-state index contributed by atoms with van der Waals surface area (Å²) in [6.07, 6.45) is 3.27. The first-order chi connectivity index (χ1) is 20.4. The van der Waals surface area contributed by atoms with E-state index in [1.807, 2.05) is 45.0 Å². The highest BCUT2D eigenvalue weighted by molar-refractivity contribution is 7.20. The summed E-state index contributed by atoms with van der Waals surface area (Å²) < 4.78 is 13.0. The zero-order valence-electron chi connectivity index (χ0n) is 24.1. The molecule has 42 heavy (non-hydrogen) atoms. The van der Waals surface area contributed by atoms with Gasteiger partial charge in [0.15, 0.2) is 17.3 Å². The predicted molar refractivity (Wildman–Crippen MR) is 164 cm³/mol. The maximum absolute atomic E-state index is 11.3. The van der Waals surface area contributed by atoms with Crippen molar-refractivity contribution in [3.63, 3.8) is 0 Å². The lowest BCUT2D eigenvalue weighted by Gasteiger charge is -2.24. The van der Waals surface area contributed by atoms with E-state index in [1.54, 1.807) is 18.1 Å². The molecule has 0 amide bonds. The minimum atomic E-state index is -0.456. The molecule has 0 saturated carbocycles. The Morgan fingerprint density at radius 3 is 2.76 bits per heavy atom. The summed E-state index contributed by atoms with van der Waals surface area (Å²) in [6.45, 7) is 12.0. The summed E-state index contributed by atoms with van der Waals surface area (Å²) in [7, 11) is 1.64. The largest absolute Gasteiger partial charge is 0.462 e. The number of anilines is 3. The van der Waals surface area contributed by atoms with Gasteiger partial charge in [-0.05, 0) is 39.3 Å². The molecular formula is C27H35N11O3S. The molecule has 1 unspecified atom stereocenters. The lowest BCUT2D eigenvalue weighted by atomic mass is 10.3. The monoisotopic (exact) mass is 593 g/mol. The number of ether oxygens (including phenoxy) is 2. The first-order valence-electron chi connectivity index (χ1n) is 13.6. The number of nitrogens with one attached hydrogen (secondary N) is 2. The molecule has 0 radical (unpaired) electrons. The molecule has 0 bridgehead atoms. The van der Waals surface area contributed by atoms with Crippen molar-refractivity contribution in [1.29, 1.82) is 0 Å². The molecule has 0 saturated heterocycles. The third-order valence-electron chi connectivity index (χ3n) is 5.94.